The number of hydrogen-bond donors (Lipinski definition) is 2. The molecule has 0 aliphatic rings. The minimum atomic E-state index is -1.01. The molecule has 10 heteroatoms. The van der Waals surface area contributed by atoms with Crippen molar-refractivity contribution in [1.82, 2.24) is 5.43 Å². The van der Waals surface area contributed by atoms with Crippen molar-refractivity contribution < 1.29 is 23.9 Å². The highest BCUT2D eigenvalue weighted by Crippen LogP contribution is 2.23. The van der Waals surface area contributed by atoms with E-state index in [1.165, 1.54) is 25.3 Å². The van der Waals surface area contributed by atoms with Gasteiger partial charge in [0.25, 0.3) is 0 Å². The topological polar surface area (TPSA) is 106 Å². The Labute approximate surface area is 205 Å². The summed E-state index contributed by atoms with van der Waals surface area (Å²) in [5, 5.41) is 6.94. The van der Waals surface area contributed by atoms with Crippen LogP contribution in [0.15, 0.2) is 71.8 Å². The number of rotatable bonds is 6. The first-order valence-corrected chi connectivity index (χ1v) is 10.6. The molecule has 0 spiro atoms. The molecule has 3 aromatic rings. The molecule has 0 saturated carbocycles. The van der Waals surface area contributed by atoms with E-state index in [-0.39, 0.29) is 11.4 Å². The average molecular weight is 500 g/mol. The molecule has 8 nitrogen and oxygen atoms in total. The van der Waals surface area contributed by atoms with Crippen LogP contribution in [-0.2, 0) is 9.59 Å². The van der Waals surface area contributed by atoms with Gasteiger partial charge >= 0.3 is 17.8 Å². The number of benzene rings is 3. The highest BCUT2D eigenvalue weighted by atomic mass is 35.5. The second-order valence-electron chi connectivity index (χ2n) is 6.87. The van der Waals surface area contributed by atoms with Crippen molar-refractivity contribution in [3.05, 3.63) is 87.9 Å². The summed E-state index contributed by atoms with van der Waals surface area (Å²) in [6.07, 6.45) is 0. The monoisotopic (exact) mass is 499 g/mol. The van der Waals surface area contributed by atoms with Gasteiger partial charge in [-0.3, -0.25) is 9.59 Å². The fourth-order valence-electron chi connectivity index (χ4n) is 2.82. The number of amides is 2. The summed E-state index contributed by atoms with van der Waals surface area (Å²) in [4.78, 5) is 36.9. The Bertz CT molecular complexity index is 1260. The van der Waals surface area contributed by atoms with Gasteiger partial charge in [-0.2, -0.15) is 5.10 Å². The normalized spacial score (nSPS) is 10.9. The van der Waals surface area contributed by atoms with E-state index in [9.17, 15) is 14.4 Å². The third kappa shape index (κ3) is 6.57. The van der Waals surface area contributed by atoms with E-state index in [1.54, 1.807) is 55.5 Å². The maximum atomic E-state index is 12.6. The highest BCUT2D eigenvalue weighted by Gasteiger charge is 2.16. The molecule has 0 radical (unpaired) electrons. The van der Waals surface area contributed by atoms with Gasteiger partial charge in [0.1, 0.15) is 11.5 Å². The molecule has 0 aliphatic heterocycles. The summed E-state index contributed by atoms with van der Waals surface area (Å²) in [5.74, 6) is -1.83. The lowest BCUT2D eigenvalue weighted by Gasteiger charge is -2.11. The predicted octanol–water partition coefficient (Wildman–Crippen LogP) is 4.70. The molecule has 0 aromatic heterocycles. The lowest BCUT2D eigenvalue weighted by Crippen LogP contribution is -2.33. The number of hydrazone groups is 1. The van der Waals surface area contributed by atoms with E-state index < -0.39 is 17.8 Å². The van der Waals surface area contributed by atoms with E-state index in [0.717, 1.165) is 0 Å². The van der Waals surface area contributed by atoms with Crippen molar-refractivity contribution in [3.8, 4) is 11.5 Å². The summed E-state index contributed by atoms with van der Waals surface area (Å²) < 4.78 is 10.6. The summed E-state index contributed by atoms with van der Waals surface area (Å²) in [6.45, 7) is 1.59. The van der Waals surface area contributed by atoms with Gasteiger partial charge in [-0.15, -0.1) is 0 Å². The van der Waals surface area contributed by atoms with Crippen molar-refractivity contribution >= 4 is 52.4 Å². The van der Waals surface area contributed by atoms with E-state index >= 15 is 0 Å². The molecule has 3 rings (SSSR count). The van der Waals surface area contributed by atoms with Gasteiger partial charge in [-0.1, -0.05) is 41.4 Å². The van der Waals surface area contributed by atoms with E-state index in [4.69, 9.17) is 32.7 Å². The molecule has 34 heavy (non-hydrogen) atoms. The number of ether oxygens (including phenoxy) is 2. The molecule has 0 unspecified atom stereocenters. The van der Waals surface area contributed by atoms with Crippen LogP contribution in [0.2, 0.25) is 10.0 Å². The zero-order valence-corrected chi connectivity index (χ0v) is 19.6. The standard InChI is InChI=1S/C24H19Cl2N3O5/c1-14(28-29-23(31)22(30)27-18-12-16(25)11-17(26)13-18)20-8-3-4-9-21(20)34-24(32)15-6-5-7-19(10-15)33-2/h3-13H,1-2H3,(H,27,30)(H,29,31)/b28-14+. The summed E-state index contributed by atoms with van der Waals surface area (Å²) >= 11 is 11.8. The van der Waals surface area contributed by atoms with Crippen LogP contribution in [0.5, 0.6) is 11.5 Å². The van der Waals surface area contributed by atoms with Gasteiger partial charge in [0, 0.05) is 21.3 Å². The Kier molecular flexibility index (Phi) is 8.24. The van der Waals surface area contributed by atoms with Gasteiger partial charge < -0.3 is 14.8 Å². The summed E-state index contributed by atoms with van der Waals surface area (Å²) in [5.41, 5.74) is 3.48. The zero-order valence-electron chi connectivity index (χ0n) is 18.1. The average Bonchev–Trinajstić information content (AvgIpc) is 2.82. The number of nitrogens with zero attached hydrogens (tertiary/aromatic N) is 1. The first kappa shape index (κ1) is 24.8. The third-order valence-electron chi connectivity index (χ3n) is 4.44. The van der Waals surface area contributed by atoms with Crippen LogP contribution in [0.25, 0.3) is 0 Å². The number of methoxy groups -OCH3 is 1. The molecule has 3 aromatic carbocycles. The predicted molar refractivity (Wildman–Crippen MR) is 130 cm³/mol. The van der Waals surface area contributed by atoms with Crippen LogP contribution in [0.3, 0.4) is 0 Å². The van der Waals surface area contributed by atoms with Crippen LogP contribution in [-0.4, -0.2) is 30.6 Å². The van der Waals surface area contributed by atoms with Crippen molar-refractivity contribution in [2.24, 2.45) is 5.10 Å². The largest absolute Gasteiger partial charge is 0.497 e. The van der Waals surface area contributed by atoms with Gasteiger partial charge in [-0.25, -0.2) is 10.2 Å². The Morgan fingerprint density at radius 2 is 1.59 bits per heavy atom. The molecular weight excluding hydrogens is 481 g/mol. The molecule has 0 atom stereocenters. The maximum absolute atomic E-state index is 12.6. The Morgan fingerprint density at radius 3 is 2.29 bits per heavy atom. The minimum Gasteiger partial charge on any atom is -0.497 e. The minimum absolute atomic E-state index is 0.226. The van der Waals surface area contributed by atoms with E-state index in [2.05, 4.69) is 15.8 Å². The molecule has 174 valence electrons. The molecular formula is C24H19Cl2N3O5. The molecule has 0 saturated heterocycles. The zero-order chi connectivity index (χ0) is 24.7. The maximum Gasteiger partial charge on any atom is 0.343 e. The van der Waals surface area contributed by atoms with Gasteiger partial charge in [0.15, 0.2) is 0 Å². The van der Waals surface area contributed by atoms with Crippen molar-refractivity contribution in [2.45, 2.75) is 6.92 Å². The molecule has 0 heterocycles. The number of esters is 1. The van der Waals surface area contributed by atoms with Crippen LogP contribution in [0, 0.1) is 0 Å². The second kappa shape index (κ2) is 11.3. The Hall–Kier alpha value is -3.88. The number of carbonyl (C=O) groups is 3. The van der Waals surface area contributed by atoms with Crippen LogP contribution in [0.4, 0.5) is 5.69 Å². The Balaban J connectivity index is 1.70. The van der Waals surface area contributed by atoms with Gasteiger partial charge in [0.05, 0.1) is 18.4 Å². The van der Waals surface area contributed by atoms with Crippen LogP contribution < -0.4 is 20.2 Å². The molecule has 2 N–H and O–H groups in total. The lowest BCUT2D eigenvalue weighted by atomic mass is 10.1. The van der Waals surface area contributed by atoms with Crippen LogP contribution >= 0.6 is 23.2 Å². The fourth-order valence-corrected chi connectivity index (χ4v) is 3.35. The number of nitrogens with one attached hydrogen (secondary N) is 2. The second-order valence-corrected chi connectivity index (χ2v) is 7.74. The smallest absolute Gasteiger partial charge is 0.343 e. The molecule has 0 aliphatic carbocycles. The third-order valence-corrected chi connectivity index (χ3v) is 4.87. The van der Waals surface area contributed by atoms with Crippen molar-refractivity contribution in [3.63, 3.8) is 0 Å². The van der Waals surface area contributed by atoms with Gasteiger partial charge in [0.2, 0.25) is 0 Å². The Morgan fingerprint density at radius 1 is 0.882 bits per heavy atom. The van der Waals surface area contributed by atoms with Crippen molar-refractivity contribution in [1.29, 1.82) is 0 Å². The molecule has 0 fully saturated rings. The summed E-state index contributed by atoms with van der Waals surface area (Å²) in [6, 6.07) is 17.6. The van der Waals surface area contributed by atoms with E-state index in [1.807, 2.05) is 0 Å². The SMILES string of the molecule is COc1cccc(C(=O)Oc2ccccc2/C(C)=N/NC(=O)C(=O)Nc2cc(Cl)cc(Cl)c2)c1. The molecule has 2 amide bonds. The number of para-hydroxylation sites is 1. The number of halogens is 2. The van der Waals surface area contributed by atoms with E-state index in [0.29, 0.717) is 32.6 Å². The number of hydrogen-bond acceptors (Lipinski definition) is 6. The number of anilines is 1. The lowest BCUT2D eigenvalue weighted by molar-refractivity contribution is -0.136. The highest BCUT2D eigenvalue weighted by molar-refractivity contribution is 6.40. The number of carbonyl (C=O) groups excluding carboxylic acids is 3. The first-order chi connectivity index (χ1) is 16.3. The van der Waals surface area contributed by atoms with Crippen molar-refractivity contribution in [2.75, 3.05) is 12.4 Å². The summed E-state index contributed by atoms with van der Waals surface area (Å²) in [7, 11) is 1.50. The first-order valence-electron chi connectivity index (χ1n) is 9.84. The van der Waals surface area contributed by atoms with Gasteiger partial charge in [-0.05, 0) is 55.5 Å². The fraction of sp³-hybridized carbons (Fsp3) is 0.0833. The molecule has 0 bridgehead atoms. The quantitative estimate of drug-likeness (QED) is 0.168. The van der Waals surface area contributed by atoms with Crippen LogP contribution in [0.1, 0.15) is 22.8 Å².